The second kappa shape index (κ2) is 36.2. The average Bonchev–Trinajstić information content (AvgIpc) is 1.81. The molecule has 2 aromatic heterocycles. The fourth-order valence-corrected chi connectivity index (χ4v) is 10.4. The SMILES string of the molecule is CCC(C)[C@H](NC(=O)[C@H](Cc1ccc(O)cc1)NC(=O)[C@@H](NC(=O)[C@H](CCCN=C(N)N)NC(=O)[C@@H](N)CC(=O)O)C(C)C)C(=O)N[C@@H](Cc1cnc[nH]1)C(=O)N1CCC[C@H]1C(=O)NC(Cc1ccccc1)C(=O)N[C@@H](Cc1cnc[nH]1)C(=O)N[C@@H](CC(C)C)C(=O)O. The third kappa shape index (κ3) is 23.7. The number of carbonyl (C=O) groups excluding carboxylic acids is 9. The summed E-state index contributed by atoms with van der Waals surface area (Å²) in [5.41, 5.74) is 18.7. The number of carbonyl (C=O) groups is 11. The number of H-pyrrole nitrogens is 2. The van der Waals surface area contributed by atoms with Crippen LogP contribution in [0.1, 0.15) is 109 Å². The van der Waals surface area contributed by atoms with Crippen LogP contribution in [-0.2, 0) is 78.4 Å². The Balaban J connectivity index is 1.40. The molecule has 0 radical (unpaired) electrons. The number of carboxylic acids is 2. The average molecular weight is 1300 g/mol. The van der Waals surface area contributed by atoms with Gasteiger partial charge in [-0.25, -0.2) is 14.8 Å². The molecule has 0 spiro atoms. The van der Waals surface area contributed by atoms with Crippen molar-refractivity contribution in [1.29, 1.82) is 0 Å². The van der Waals surface area contributed by atoms with Crippen LogP contribution in [0.25, 0.3) is 0 Å². The van der Waals surface area contributed by atoms with Gasteiger partial charge in [0.25, 0.3) is 0 Å². The molecular weight excluding hydrogens is 1210 g/mol. The molecule has 0 aliphatic carbocycles. The number of aromatic amines is 2. The number of benzene rings is 2. The number of hydrogen-bond acceptors (Lipinski definition) is 16. The molecule has 1 fully saturated rings. The van der Waals surface area contributed by atoms with Crippen molar-refractivity contribution in [3.63, 3.8) is 0 Å². The van der Waals surface area contributed by atoms with Crippen LogP contribution in [0.3, 0.4) is 0 Å². The van der Waals surface area contributed by atoms with Gasteiger partial charge in [-0.3, -0.25) is 52.9 Å². The van der Waals surface area contributed by atoms with Crippen molar-refractivity contribution in [1.82, 2.24) is 67.4 Å². The smallest absolute Gasteiger partial charge is 0.326 e. The number of hydrogen-bond donors (Lipinski definition) is 16. The molecule has 31 nitrogen and oxygen atoms in total. The highest BCUT2D eigenvalue weighted by molar-refractivity contribution is 5.99. The predicted molar refractivity (Wildman–Crippen MR) is 338 cm³/mol. The minimum atomic E-state index is -1.53. The monoisotopic (exact) mass is 1300 g/mol. The Kier molecular flexibility index (Phi) is 28.7. The molecule has 0 saturated carbocycles. The minimum Gasteiger partial charge on any atom is -0.508 e. The van der Waals surface area contributed by atoms with E-state index in [1.165, 1.54) is 54.2 Å². The number of phenols is 1. The van der Waals surface area contributed by atoms with Crippen LogP contribution >= 0.6 is 0 Å². The van der Waals surface area contributed by atoms with Crippen LogP contribution in [0, 0.1) is 17.8 Å². The summed E-state index contributed by atoms with van der Waals surface area (Å²) >= 11 is 0. The van der Waals surface area contributed by atoms with E-state index in [2.05, 4.69) is 67.5 Å². The fourth-order valence-electron chi connectivity index (χ4n) is 10.4. The van der Waals surface area contributed by atoms with Gasteiger partial charge >= 0.3 is 11.9 Å². The summed E-state index contributed by atoms with van der Waals surface area (Å²) in [7, 11) is 0. The summed E-state index contributed by atoms with van der Waals surface area (Å²) in [5.74, 6) is -11.7. The van der Waals surface area contributed by atoms with E-state index in [1.54, 1.807) is 71.9 Å². The number of carboxylic acid groups (broad SMARTS) is 2. The van der Waals surface area contributed by atoms with Crippen molar-refractivity contribution >= 4 is 71.1 Å². The Morgan fingerprint density at radius 1 is 0.624 bits per heavy atom. The van der Waals surface area contributed by atoms with E-state index >= 15 is 4.79 Å². The summed E-state index contributed by atoms with van der Waals surface area (Å²) in [6.07, 6.45) is 5.26. The number of aromatic hydroxyl groups is 1. The van der Waals surface area contributed by atoms with E-state index in [4.69, 9.17) is 17.2 Å². The first-order chi connectivity index (χ1) is 44.1. The fraction of sp³-hybridized carbons (Fsp3) is 0.516. The molecule has 9 amide bonds. The van der Waals surface area contributed by atoms with E-state index in [0.29, 0.717) is 35.4 Å². The van der Waals surface area contributed by atoms with Crippen molar-refractivity contribution in [3.8, 4) is 5.75 Å². The zero-order valence-electron chi connectivity index (χ0n) is 53.1. The second-order valence-corrected chi connectivity index (χ2v) is 23.9. The topological polar surface area (TPSA) is 496 Å². The van der Waals surface area contributed by atoms with Gasteiger partial charge in [-0.05, 0) is 73.1 Å². The standard InChI is InChI=1S/C62H89N17O14/c1-7-35(6)51(78-56(87)44(25-37-17-19-40(80)20-18-37)74-58(89)50(34(4)5)77-53(84)42(15-11-21-68-62(64)65)71-52(83)41(63)28-49(81)82)59(90)75-46(27-39-30-67-32-70-39)60(91)79-22-12-16-48(79)57(88)73-43(24-36-13-9-8-10-14-36)54(85)72-45(26-38-29-66-31-69-38)55(86)76-47(61(92)93)23-33(2)3/h8-10,13-14,17-20,29-35,41-48,50-51,80H,7,11-12,15-16,21-28,63H2,1-6H3,(H,66,69)(H,67,70)(H,71,83)(H,72,85)(H,73,88)(H,74,89)(H,75,90)(H,76,86)(H,77,84)(H,78,87)(H,81,82)(H,92,93)(H4,64,65,68)/t35?,41-,42-,43?,44-,45-,46-,47-,48-,50-,51-/m0/s1. The molecule has 11 atom stereocenters. The molecule has 4 aromatic rings. The van der Waals surface area contributed by atoms with Crippen LogP contribution in [0.5, 0.6) is 5.75 Å². The lowest BCUT2D eigenvalue weighted by Crippen LogP contribution is -2.62. The van der Waals surface area contributed by atoms with E-state index in [0.717, 1.165) is 0 Å². The van der Waals surface area contributed by atoms with Crippen molar-refractivity contribution in [2.75, 3.05) is 13.1 Å². The van der Waals surface area contributed by atoms with Crippen LogP contribution in [0.15, 0.2) is 84.6 Å². The van der Waals surface area contributed by atoms with Gasteiger partial charge in [0.2, 0.25) is 53.2 Å². The summed E-state index contributed by atoms with van der Waals surface area (Å²) in [5, 5.41) is 50.8. The van der Waals surface area contributed by atoms with E-state index in [-0.39, 0.29) is 82.1 Å². The van der Waals surface area contributed by atoms with Crippen LogP contribution in [0.4, 0.5) is 0 Å². The maximum Gasteiger partial charge on any atom is 0.326 e. The Hall–Kier alpha value is -9.94. The quantitative estimate of drug-likeness (QED) is 0.0141. The number of aliphatic imine (C=N–C) groups is 1. The molecule has 2 aromatic carbocycles. The summed E-state index contributed by atoms with van der Waals surface area (Å²) in [6.45, 7) is 10.4. The molecule has 19 N–H and O–H groups in total. The number of aliphatic carboxylic acids is 2. The van der Waals surface area contributed by atoms with Gasteiger partial charge in [-0.1, -0.05) is 90.4 Å². The number of amides is 9. The molecule has 1 aliphatic rings. The summed E-state index contributed by atoms with van der Waals surface area (Å²) in [4.78, 5) is 172. The van der Waals surface area contributed by atoms with Crippen molar-refractivity contribution < 1.29 is 68.1 Å². The van der Waals surface area contributed by atoms with Crippen molar-refractivity contribution in [2.45, 2.75) is 173 Å². The number of guanidine groups is 1. The van der Waals surface area contributed by atoms with Crippen LogP contribution in [0.2, 0.25) is 0 Å². The Morgan fingerprint density at radius 3 is 1.68 bits per heavy atom. The summed E-state index contributed by atoms with van der Waals surface area (Å²) in [6, 6.07) is 0.810. The van der Waals surface area contributed by atoms with Gasteiger partial charge in [0.05, 0.1) is 25.1 Å². The molecule has 1 aliphatic heterocycles. The van der Waals surface area contributed by atoms with Gasteiger partial charge < -0.3 is 89.9 Å². The normalized spacial score (nSPS) is 16.1. The first-order valence-corrected chi connectivity index (χ1v) is 30.9. The van der Waals surface area contributed by atoms with E-state index in [9.17, 15) is 63.3 Å². The summed E-state index contributed by atoms with van der Waals surface area (Å²) < 4.78 is 0. The molecule has 31 heteroatoms. The number of aromatic nitrogens is 4. The molecule has 0 bridgehead atoms. The minimum absolute atomic E-state index is 0.0425. The number of phenolic OH excluding ortho intramolecular Hbond substituents is 1. The van der Waals surface area contributed by atoms with Crippen LogP contribution < -0.4 is 59.7 Å². The van der Waals surface area contributed by atoms with Gasteiger partial charge in [-0.15, -0.1) is 0 Å². The van der Waals surface area contributed by atoms with Crippen molar-refractivity contribution in [2.24, 2.45) is 39.9 Å². The lowest BCUT2D eigenvalue weighted by Gasteiger charge is -2.32. The molecule has 506 valence electrons. The zero-order chi connectivity index (χ0) is 68.5. The van der Waals surface area contributed by atoms with Gasteiger partial charge in [0.15, 0.2) is 5.96 Å². The maximum atomic E-state index is 15.1. The molecule has 1 saturated heterocycles. The Labute approximate surface area is 538 Å². The number of likely N-dealkylation sites (tertiary alicyclic amines) is 1. The molecule has 93 heavy (non-hydrogen) atoms. The molecule has 2 unspecified atom stereocenters. The molecular formula is C62H89N17O14. The molecule has 3 heterocycles. The lowest BCUT2D eigenvalue weighted by molar-refractivity contribution is -0.143. The first kappa shape index (κ1) is 73.8. The highest BCUT2D eigenvalue weighted by Crippen LogP contribution is 2.22. The zero-order valence-corrected chi connectivity index (χ0v) is 53.1. The van der Waals surface area contributed by atoms with E-state index in [1.807, 2.05) is 0 Å². The van der Waals surface area contributed by atoms with Gasteiger partial charge in [0.1, 0.15) is 60.1 Å². The van der Waals surface area contributed by atoms with Gasteiger partial charge in [-0.2, -0.15) is 0 Å². The second-order valence-electron chi connectivity index (χ2n) is 23.9. The van der Waals surface area contributed by atoms with E-state index < -0.39 is 144 Å². The first-order valence-electron chi connectivity index (χ1n) is 30.9. The number of rotatable bonds is 37. The predicted octanol–water partition coefficient (Wildman–Crippen LogP) is -1.33. The highest BCUT2D eigenvalue weighted by Gasteiger charge is 2.42. The number of nitrogens with zero attached hydrogens (tertiary/aromatic N) is 4. The Bertz CT molecular complexity index is 3180. The maximum absolute atomic E-state index is 15.1. The third-order valence-corrected chi connectivity index (χ3v) is 15.6. The van der Waals surface area contributed by atoms with Crippen LogP contribution in [-0.4, -0.2) is 185 Å². The Morgan fingerprint density at radius 2 is 1.13 bits per heavy atom. The van der Waals surface area contributed by atoms with Gasteiger partial charge in [0, 0.05) is 62.6 Å². The third-order valence-electron chi connectivity index (χ3n) is 15.6. The number of nitrogens with one attached hydrogen (secondary N) is 10. The molecule has 5 rings (SSSR count). The largest absolute Gasteiger partial charge is 0.508 e. The number of imidazole rings is 2. The highest BCUT2D eigenvalue weighted by atomic mass is 16.4. The lowest BCUT2D eigenvalue weighted by atomic mass is 9.96. The number of nitrogens with two attached hydrogens (primary N) is 3. The van der Waals surface area contributed by atoms with Crippen molar-refractivity contribution in [3.05, 3.63) is 102 Å².